The lowest BCUT2D eigenvalue weighted by Crippen LogP contribution is -2.33. The number of hydrogen-bond donors (Lipinski definition) is 2. The van der Waals surface area contributed by atoms with E-state index >= 15 is 0 Å². The second-order valence-corrected chi connectivity index (χ2v) is 4.79. The Kier molecular flexibility index (Phi) is 6.90. The van der Waals surface area contributed by atoms with Gasteiger partial charge in [-0.2, -0.15) is 5.10 Å². The summed E-state index contributed by atoms with van der Waals surface area (Å²) in [6.45, 7) is 8.64. The van der Waals surface area contributed by atoms with E-state index in [4.69, 9.17) is 0 Å². The zero-order valence-electron chi connectivity index (χ0n) is 12.9. The molecule has 0 saturated carbocycles. The molecule has 1 heterocycles. The maximum atomic E-state index is 11.6. The van der Waals surface area contributed by atoms with Gasteiger partial charge in [-0.15, -0.1) is 5.10 Å². The Bertz CT molecular complexity index is 436. The molecule has 0 bridgehead atoms. The van der Waals surface area contributed by atoms with Crippen LogP contribution in [0.3, 0.4) is 0 Å². The standard InChI is InChI=1S/C14H25N5O/c1-5-10(4)16-13(20)8-9-15-14-17-11(6-2)12(7-3)18-19-14/h10H,5-9H2,1-4H3,(H,16,20)(H,15,17,19). The van der Waals surface area contributed by atoms with Gasteiger partial charge in [-0.25, -0.2) is 4.98 Å². The molecular formula is C14H25N5O. The van der Waals surface area contributed by atoms with Crippen LogP contribution in [0.15, 0.2) is 0 Å². The van der Waals surface area contributed by atoms with Crippen LogP contribution in [0.2, 0.25) is 0 Å². The Balaban J connectivity index is 2.44. The van der Waals surface area contributed by atoms with Gasteiger partial charge in [-0.05, 0) is 26.2 Å². The molecule has 0 aliphatic carbocycles. The molecule has 0 aromatic carbocycles. The third-order valence-electron chi connectivity index (χ3n) is 3.16. The molecule has 0 fully saturated rings. The fraction of sp³-hybridized carbons (Fsp3) is 0.714. The summed E-state index contributed by atoms with van der Waals surface area (Å²) < 4.78 is 0. The average molecular weight is 279 g/mol. The number of rotatable bonds is 8. The van der Waals surface area contributed by atoms with Crippen molar-refractivity contribution in [2.45, 2.75) is 59.4 Å². The lowest BCUT2D eigenvalue weighted by Gasteiger charge is -2.11. The highest BCUT2D eigenvalue weighted by Crippen LogP contribution is 2.06. The number of anilines is 1. The highest BCUT2D eigenvalue weighted by molar-refractivity contribution is 5.76. The summed E-state index contributed by atoms with van der Waals surface area (Å²) >= 11 is 0. The molecule has 20 heavy (non-hydrogen) atoms. The van der Waals surface area contributed by atoms with Crippen LogP contribution >= 0.6 is 0 Å². The first-order chi connectivity index (χ1) is 9.60. The number of aromatic nitrogens is 3. The van der Waals surface area contributed by atoms with E-state index in [2.05, 4.69) is 25.8 Å². The van der Waals surface area contributed by atoms with Crippen molar-refractivity contribution in [2.75, 3.05) is 11.9 Å². The minimum Gasteiger partial charge on any atom is -0.354 e. The molecule has 1 unspecified atom stereocenters. The summed E-state index contributed by atoms with van der Waals surface area (Å²) in [4.78, 5) is 16.0. The Labute approximate surface area is 120 Å². The molecule has 112 valence electrons. The van der Waals surface area contributed by atoms with Gasteiger partial charge < -0.3 is 10.6 Å². The van der Waals surface area contributed by atoms with Crippen molar-refractivity contribution in [1.29, 1.82) is 0 Å². The molecule has 0 spiro atoms. The summed E-state index contributed by atoms with van der Waals surface area (Å²) in [5.41, 5.74) is 1.90. The van der Waals surface area contributed by atoms with Crippen molar-refractivity contribution in [1.82, 2.24) is 20.5 Å². The molecule has 1 amide bonds. The minimum absolute atomic E-state index is 0.0423. The van der Waals surface area contributed by atoms with Crippen LogP contribution in [0.5, 0.6) is 0 Å². The molecule has 1 aromatic rings. The van der Waals surface area contributed by atoms with E-state index < -0.39 is 0 Å². The summed E-state index contributed by atoms with van der Waals surface area (Å²) in [7, 11) is 0. The molecule has 2 N–H and O–H groups in total. The molecule has 6 nitrogen and oxygen atoms in total. The fourth-order valence-corrected chi connectivity index (χ4v) is 1.75. The Hall–Kier alpha value is -1.72. The van der Waals surface area contributed by atoms with Crippen LogP contribution in [0.25, 0.3) is 0 Å². The molecular weight excluding hydrogens is 254 g/mol. The lowest BCUT2D eigenvalue weighted by molar-refractivity contribution is -0.121. The monoisotopic (exact) mass is 279 g/mol. The number of aryl methyl sites for hydroxylation is 2. The van der Waals surface area contributed by atoms with Crippen LogP contribution < -0.4 is 10.6 Å². The van der Waals surface area contributed by atoms with Gasteiger partial charge in [0.2, 0.25) is 11.9 Å². The van der Waals surface area contributed by atoms with Crippen LogP contribution in [-0.4, -0.2) is 33.7 Å². The molecule has 0 saturated heterocycles. The lowest BCUT2D eigenvalue weighted by atomic mass is 10.2. The Morgan fingerprint density at radius 2 is 1.85 bits per heavy atom. The smallest absolute Gasteiger partial charge is 0.242 e. The molecule has 0 aliphatic heterocycles. The van der Waals surface area contributed by atoms with E-state index in [0.29, 0.717) is 18.9 Å². The predicted molar refractivity (Wildman–Crippen MR) is 79.6 cm³/mol. The summed E-state index contributed by atoms with van der Waals surface area (Å²) in [6, 6.07) is 0.218. The van der Waals surface area contributed by atoms with Gasteiger partial charge in [0.1, 0.15) is 0 Å². The van der Waals surface area contributed by atoms with Gasteiger partial charge in [-0.3, -0.25) is 4.79 Å². The maximum absolute atomic E-state index is 11.6. The van der Waals surface area contributed by atoms with Gasteiger partial charge in [0.15, 0.2) is 0 Å². The number of hydrogen-bond acceptors (Lipinski definition) is 5. The molecule has 1 atom stereocenters. The number of amides is 1. The van der Waals surface area contributed by atoms with Gasteiger partial charge in [0, 0.05) is 19.0 Å². The normalized spacial score (nSPS) is 12.0. The van der Waals surface area contributed by atoms with Crippen LogP contribution in [0.1, 0.15) is 51.9 Å². The van der Waals surface area contributed by atoms with Gasteiger partial charge in [0.25, 0.3) is 0 Å². The number of carbonyl (C=O) groups is 1. The second kappa shape index (κ2) is 8.45. The van der Waals surface area contributed by atoms with Crippen molar-refractivity contribution in [3.8, 4) is 0 Å². The van der Waals surface area contributed by atoms with Crippen molar-refractivity contribution in [2.24, 2.45) is 0 Å². The second-order valence-electron chi connectivity index (χ2n) is 4.79. The minimum atomic E-state index is 0.0423. The first-order valence-electron chi connectivity index (χ1n) is 7.36. The van der Waals surface area contributed by atoms with E-state index in [0.717, 1.165) is 30.7 Å². The zero-order chi connectivity index (χ0) is 15.0. The summed E-state index contributed by atoms with van der Waals surface area (Å²) in [6.07, 6.45) is 3.01. The molecule has 0 aliphatic rings. The highest BCUT2D eigenvalue weighted by atomic mass is 16.1. The highest BCUT2D eigenvalue weighted by Gasteiger charge is 2.07. The number of nitrogens with zero attached hydrogens (tertiary/aromatic N) is 3. The van der Waals surface area contributed by atoms with E-state index in [9.17, 15) is 4.79 Å². The molecule has 1 aromatic heterocycles. The van der Waals surface area contributed by atoms with E-state index in [-0.39, 0.29) is 11.9 Å². The summed E-state index contributed by atoms with van der Waals surface area (Å²) in [5.74, 6) is 0.538. The van der Waals surface area contributed by atoms with Gasteiger partial charge in [-0.1, -0.05) is 20.8 Å². The van der Waals surface area contributed by atoms with Crippen molar-refractivity contribution in [3.05, 3.63) is 11.4 Å². The average Bonchev–Trinajstić information content (AvgIpc) is 2.46. The van der Waals surface area contributed by atoms with E-state index in [1.165, 1.54) is 0 Å². The zero-order valence-corrected chi connectivity index (χ0v) is 12.9. The number of nitrogens with one attached hydrogen (secondary N) is 2. The summed E-state index contributed by atoms with van der Waals surface area (Å²) in [5, 5.41) is 14.1. The molecule has 6 heteroatoms. The SMILES string of the molecule is CCc1nnc(NCCC(=O)NC(C)CC)nc1CC. The maximum Gasteiger partial charge on any atom is 0.242 e. The fourth-order valence-electron chi connectivity index (χ4n) is 1.75. The third kappa shape index (κ3) is 5.11. The molecule has 1 rings (SSSR count). The van der Waals surface area contributed by atoms with E-state index in [1.807, 2.05) is 27.7 Å². The Morgan fingerprint density at radius 3 is 2.45 bits per heavy atom. The Morgan fingerprint density at radius 1 is 1.15 bits per heavy atom. The van der Waals surface area contributed by atoms with Crippen molar-refractivity contribution in [3.63, 3.8) is 0 Å². The topological polar surface area (TPSA) is 79.8 Å². The predicted octanol–water partition coefficient (Wildman–Crippen LogP) is 1.71. The van der Waals surface area contributed by atoms with Crippen molar-refractivity contribution >= 4 is 11.9 Å². The number of carbonyl (C=O) groups excluding carboxylic acids is 1. The quantitative estimate of drug-likeness (QED) is 0.757. The van der Waals surface area contributed by atoms with Crippen LogP contribution in [0.4, 0.5) is 5.95 Å². The van der Waals surface area contributed by atoms with Gasteiger partial charge in [0.05, 0.1) is 11.4 Å². The van der Waals surface area contributed by atoms with Crippen LogP contribution in [0, 0.1) is 0 Å². The van der Waals surface area contributed by atoms with Gasteiger partial charge >= 0.3 is 0 Å². The largest absolute Gasteiger partial charge is 0.354 e. The van der Waals surface area contributed by atoms with Crippen LogP contribution in [-0.2, 0) is 17.6 Å². The van der Waals surface area contributed by atoms with E-state index in [1.54, 1.807) is 0 Å². The third-order valence-corrected chi connectivity index (χ3v) is 3.16. The first kappa shape index (κ1) is 16.3. The first-order valence-corrected chi connectivity index (χ1v) is 7.36. The van der Waals surface area contributed by atoms with Crippen molar-refractivity contribution < 1.29 is 4.79 Å². The molecule has 0 radical (unpaired) electrons.